The Bertz CT molecular complexity index is 238. The standard InChI is InChI=1S/C13H27N3O2/c1-3-11(4-2)12(13(17)15-6-5-14)16-7-9-18-10-8-16/h11-12H,3-10,14H2,1-2H3,(H,15,17). The number of nitrogens with one attached hydrogen (secondary N) is 1. The maximum atomic E-state index is 12.3. The summed E-state index contributed by atoms with van der Waals surface area (Å²) >= 11 is 0. The van der Waals surface area contributed by atoms with E-state index in [0.717, 1.165) is 39.1 Å². The largest absolute Gasteiger partial charge is 0.379 e. The van der Waals surface area contributed by atoms with E-state index in [1.165, 1.54) is 0 Å². The Hall–Kier alpha value is -0.650. The van der Waals surface area contributed by atoms with E-state index in [-0.39, 0.29) is 11.9 Å². The first-order chi connectivity index (χ1) is 8.74. The highest BCUT2D eigenvalue weighted by Crippen LogP contribution is 2.20. The van der Waals surface area contributed by atoms with Crippen molar-refractivity contribution in [2.75, 3.05) is 39.4 Å². The van der Waals surface area contributed by atoms with Crippen LogP contribution >= 0.6 is 0 Å². The minimum absolute atomic E-state index is 0.0320. The van der Waals surface area contributed by atoms with Crippen LogP contribution in [0.5, 0.6) is 0 Å². The van der Waals surface area contributed by atoms with Crippen molar-refractivity contribution >= 4 is 5.91 Å². The van der Waals surface area contributed by atoms with Gasteiger partial charge in [-0.15, -0.1) is 0 Å². The third-order valence-electron chi connectivity index (χ3n) is 3.65. The van der Waals surface area contributed by atoms with Gasteiger partial charge in [0.05, 0.1) is 19.3 Å². The lowest BCUT2D eigenvalue weighted by Crippen LogP contribution is -2.54. The molecule has 0 saturated carbocycles. The predicted molar refractivity (Wildman–Crippen MR) is 72.3 cm³/mol. The summed E-state index contributed by atoms with van der Waals surface area (Å²) in [6, 6.07) is -0.0320. The molecule has 1 atom stereocenters. The van der Waals surface area contributed by atoms with Crippen LogP contribution in [0.2, 0.25) is 0 Å². The van der Waals surface area contributed by atoms with Crippen LogP contribution in [0.4, 0.5) is 0 Å². The number of nitrogens with two attached hydrogens (primary N) is 1. The quantitative estimate of drug-likeness (QED) is 0.683. The molecular formula is C13H27N3O2. The van der Waals surface area contributed by atoms with E-state index in [0.29, 0.717) is 19.0 Å². The molecule has 0 aromatic rings. The van der Waals surface area contributed by atoms with Crippen LogP contribution in [0.15, 0.2) is 0 Å². The first-order valence-corrected chi connectivity index (χ1v) is 7.04. The van der Waals surface area contributed by atoms with Crippen LogP contribution in [-0.4, -0.2) is 56.2 Å². The molecule has 1 unspecified atom stereocenters. The molecule has 0 aromatic heterocycles. The van der Waals surface area contributed by atoms with Gasteiger partial charge in [-0.05, 0) is 5.92 Å². The molecule has 18 heavy (non-hydrogen) atoms. The highest BCUT2D eigenvalue weighted by molar-refractivity contribution is 5.82. The molecule has 0 bridgehead atoms. The van der Waals surface area contributed by atoms with Crippen LogP contribution in [0.3, 0.4) is 0 Å². The molecule has 1 aliphatic rings. The van der Waals surface area contributed by atoms with Gasteiger partial charge in [-0.3, -0.25) is 9.69 Å². The number of hydrogen-bond donors (Lipinski definition) is 2. The third kappa shape index (κ3) is 4.23. The number of nitrogens with zero attached hydrogens (tertiary/aromatic N) is 1. The normalized spacial score (nSPS) is 18.9. The van der Waals surface area contributed by atoms with Crippen LogP contribution in [0.1, 0.15) is 26.7 Å². The Balaban J connectivity index is 2.69. The lowest BCUT2D eigenvalue weighted by molar-refractivity contribution is -0.130. The molecule has 3 N–H and O–H groups in total. The van der Waals surface area contributed by atoms with Gasteiger partial charge in [-0.1, -0.05) is 26.7 Å². The Kier molecular flexibility index (Phi) is 7.23. The fourth-order valence-electron chi connectivity index (χ4n) is 2.57. The first kappa shape index (κ1) is 15.4. The van der Waals surface area contributed by atoms with Crippen LogP contribution in [-0.2, 0) is 9.53 Å². The number of hydrogen-bond acceptors (Lipinski definition) is 4. The molecule has 1 saturated heterocycles. The van der Waals surface area contributed by atoms with Gasteiger partial charge in [0.1, 0.15) is 0 Å². The number of carbonyl (C=O) groups is 1. The highest BCUT2D eigenvalue weighted by atomic mass is 16.5. The van der Waals surface area contributed by atoms with Crippen molar-refractivity contribution in [1.29, 1.82) is 0 Å². The minimum atomic E-state index is -0.0320. The molecule has 1 fully saturated rings. The second kappa shape index (κ2) is 8.45. The third-order valence-corrected chi connectivity index (χ3v) is 3.65. The Morgan fingerprint density at radius 1 is 1.33 bits per heavy atom. The van der Waals surface area contributed by atoms with E-state index in [2.05, 4.69) is 24.1 Å². The van der Waals surface area contributed by atoms with E-state index in [1.807, 2.05) is 0 Å². The maximum absolute atomic E-state index is 12.3. The molecule has 0 aliphatic carbocycles. The molecule has 1 heterocycles. The summed E-state index contributed by atoms with van der Waals surface area (Å²) in [5.41, 5.74) is 5.45. The van der Waals surface area contributed by atoms with Gasteiger partial charge >= 0.3 is 0 Å². The molecule has 5 heteroatoms. The average molecular weight is 257 g/mol. The van der Waals surface area contributed by atoms with Crippen molar-refractivity contribution in [1.82, 2.24) is 10.2 Å². The van der Waals surface area contributed by atoms with Gasteiger partial charge in [0.2, 0.25) is 5.91 Å². The summed E-state index contributed by atoms with van der Waals surface area (Å²) in [6.07, 6.45) is 2.04. The fraction of sp³-hybridized carbons (Fsp3) is 0.923. The summed E-state index contributed by atoms with van der Waals surface area (Å²) in [6.45, 7) is 8.48. The minimum Gasteiger partial charge on any atom is -0.379 e. The van der Waals surface area contributed by atoms with E-state index >= 15 is 0 Å². The number of carbonyl (C=O) groups excluding carboxylic acids is 1. The monoisotopic (exact) mass is 257 g/mol. The van der Waals surface area contributed by atoms with Gasteiger partial charge in [0.25, 0.3) is 0 Å². The Labute approximate surface area is 110 Å². The number of morpholine rings is 1. The Morgan fingerprint density at radius 3 is 2.44 bits per heavy atom. The summed E-state index contributed by atoms with van der Waals surface area (Å²) in [5, 5.41) is 2.93. The lowest BCUT2D eigenvalue weighted by Gasteiger charge is -2.37. The van der Waals surface area contributed by atoms with Crippen molar-refractivity contribution < 1.29 is 9.53 Å². The van der Waals surface area contributed by atoms with Gasteiger partial charge in [0.15, 0.2) is 0 Å². The van der Waals surface area contributed by atoms with Crippen molar-refractivity contribution in [3.63, 3.8) is 0 Å². The van der Waals surface area contributed by atoms with Crippen LogP contribution in [0.25, 0.3) is 0 Å². The number of rotatable bonds is 7. The second-order valence-electron chi connectivity index (χ2n) is 4.75. The van der Waals surface area contributed by atoms with Gasteiger partial charge < -0.3 is 15.8 Å². The first-order valence-electron chi connectivity index (χ1n) is 7.04. The van der Waals surface area contributed by atoms with Crippen LogP contribution in [0, 0.1) is 5.92 Å². The molecule has 0 spiro atoms. The molecule has 0 radical (unpaired) electrons. The number of amides is 1. The van der Waals surface area contributed by atoms with E-state index in [1.54, 1.807) is 0 Å². The fourth-order valence-corrected chi connectivity index (χ4v) is 2.57. The summed E-state index contributed by atoms with van der Waals surface area (Å²) in [4.78, 5) is 14.6. The number of ether oxygens (including phenoxy) is 1. The second-order valence-corrected chi connectivity index (χ2v) is 4.75. The van der Waals surface area contributed by atoms with Gasteiger partial charge in [0, 0.05) is 26.2 Å². The van der Waals surface area contributed by atoms with Gasteiger partial charge in [-0.25, -0.2) is 0 Å². The predicted octanol–water partition coefficient (Wildman–Crippen LogP) is 0.198. The van der Waals surface area contributed by atoms with Crippen molar-refractivity contribution in [2.45, 2.75) is 32.7 Å². The zero-order chi connectivity index (χ0) is 13.4. The van der Waals surface area contributed by atoms with Crippen LogP contribution < -0.4 is 11.1 Å². The van der Waals surface area contributed by atoms with Gasteiger partial charge in [-0.2, -0.15) is 0 Å². The molecule has 1 aliphatic heterocycles. The van der Waals surface area contributed by atoms with Crippen molar-refractivity contribution in [2.24, 2.45) is 11.7 Å². The maximum Gasteiger partial charge on any atom is 0.237 e. The molecular weight excluding hydrogens is 230 g/mol. The topological polar surface area (TPSA) is 67.6 Å². The molecule has 1 rings (SSSR count). The molecule has 5 nitrogen and oxygen atoms in total. The van der Waals surface area contributed by atoms with Crippen molar-refractivity contribution in [3.8, 4) is 0 Å². The Morgan fingerprint density at radius 2 is 1.94 bits per heavy atom. The highest BCUT2D eigenvalue weighted by Gasteiger charge is 2.32. The zero-order valence-electron chi connectivity index (χ0n) is 11.7. The molecule has 106 valence electrons. The SMILES string of the molecule is CCC(CC)C(C(=O)NCCN)N1CCOCC1. The smallest absolute Gasteiger partial charge is 0.237 e. The zero-order valence-corrected chi connectivity index (χ0v) is 11.7. The molecule has 0 aromatic carbocycles. The van der Waals surface area contributed by atoms with Crippen molar-refractivity contribution in [3.05, 3.63) is 0 Å². The summed E-state index contributed by atoms with van der Waals surface area (Å²) in [7, 11) is 0. The molecule has 1 amide bonds. The lowest BCUT2D eigenvalue weighted by atomic mass is 9.91. The average Bonchev–Trinajstić information content (AvgIpc) is 2.43. The van der Waals surface area contributed by atoms with E-state index < -0.39 is 0 Å². The van der Waals surface area contributed by atoms with E-state index in [4.69, 9.17) is 10.5 Å². The summed E-state index contributed by atoms with van der Waals surface area (Å²) in [5.74, 6) is 0.525. The summed E-state index contributed by atoms with van der Waals surface area (Å²) < 4.78 is 5.36. The van der Waals surface area contributed by atoms with E-state index in [9.17, 15) is 4.79 Å².